The molecular formula is C12H15IN4. The molecule has 0 spiro atoms. The molecule has 1 atom stereocenters. The Bertz CT molecular complexity index is 521. The smallest absolute Gasteiger partial charge is 0.0798 e. The fourth-order valence-electron chi connectivity index (χ4n) is 1.91. The van der Waals surface area contributed by atoms with Gasteiger partial charge in [0, 0.05) is 10.6 Å². The molecule has 0 amide bonds. The number of aromatic nitrogens is 3. The molecule has 0 aliphatic carbocycles. The topological polar surface area (TPSA) is 42.7 Å². The third-order valence-corrected chi connectivity index (χ3v) is 4.34. The standard InChI is InChI=1S/C12H15IN4/c1-8-5-4-6-9(11(8)13)12(14-2)10-7-15-16-17(10)3/h4-7,12,14H,1-3H3. The molecule has 1 N–H and O–H groups in total. The number of aryl methyl sites for hydroxylation is 2. The average molecular weight is 342 g/mol. The lowest BCUT2D eigenvalue weighted by atomic mass is 10.0. The summed E-state index contributed by atoms with van der Waals surface area (Å²) in [4.78, 5) is 0. The van der Waals surface area contributed by atoms with Crippen molar-refractivity contribution < 1.29 is 0 Å². The zero-order chi connectivity index (χ0) is 12.4. The minimum Gasteiger partial charge on any atom is -0.308 e. The van der Waals surface area contributed by atoms with E-state index in [1.165, 1.54) is 14.7 Å². The Morgan fingerprint density at radius 2 is 2.18 bits per heavy atom. The lowest BCUT2D eigenvalue weighted by molar-refractivity contribution is 0.596. The van der Waals surface area contributed by atoms with Crippen molar-refractivity contribution in [1.29, 1.82) is 0 Å². The van der Waals surface area contributed by atoms with Gasteiger partial charge in [0.15, 0.2) is 0 Å². The van der Waals surface area contributed by atoms with Gasteiger partial charge in [0.1, 0.15) is 0 Å². The second-order valence-electron chi connectivity index (χ2n) is 3.98. The van der Waals surface area contributed by atoms with E-state index in [-0.39, 0.29) is 6.04 Å². The van der Waals surface area contributed by atoms with Gasteiger partial charge >= 0.3 is 0 Å². The molecule has 4 nitrogen and oxygen atoms in total. The van der Waals surface area contributed by atoms with Crippen LogP contribution >= 0.6 is 22.6 Å². The number of benzene rings is 1. The van der Waals surface area contributed by atoms with Crippen LogP contribution in [-0.2, 0) is 7.05 Å². The van der Waals surface area contributed by atoms with Crippen LogP contribution in [0.3, 0.4) is 0 Å². The van der Waals surface area contributed by atoms with Crippen molar-refractivity contribution in [3.8, 4) is 0 Å². The van der Waals surface area contributed by atoms with Crippen molar-refractivity contribution in [3.63, 3.8) is 0 Å². The van der Waals surface area contributed by atoms with Crippen LogP contribution in [0.2, 0.25) is 0 Å². The number of rotatable bonds is 3. The van der Waals surface area contributed by atoms with Gasteiger partial charge in [-0.05, 0) is 47.7 Å². The highest BCUT2D eigenvalue weighted by Gasteiger charge is 2.18. The maximum atomic E-state index is 3.99. The molecule has 0 radical (unpaired) electrons. The molecule has 1 unspecified atom stereocenters. The highest BCUT2D eigenvalue weighted by Crippen LogP contribution is 2.27. The Kier molecular flexibility index (Phi) is 3.78. The van der Waals surface area contributed by atoms with Crippen molar-refractivity contribution in [3.05, 3.63) is 44.8 Å². The number of halogens is 1. The first-order chi connectivity index (χ1) is 8.15. The van der Waals surface area contributed by atoms with Crippen LogP contribution in [0.25, 0.3) is 0 Å². The summed E-state index contributed by atoms with van der Waals surface area (Å²) >= 11 is 2.39. The molecule has 90 valence electrons. The quantitative estimate of drug-likeness (QED) is 0.868. The van der Waals surface area contributed by atoms with Crippen LogP contribution in [0.1, 0.15) is 22.9 Å². The molecule has 17 heavy (non-hydrogen) atoms. The second kappa shape index (κ2) is 5.14. The molecule has 1 aromatic carbocycles. The first-order valence-corrected chi connectivity index (χ1v) is 6.50. The van der Waals surface area contributed by atoms with E-state index in [1.54, 1.807) is 10.9 Å². The summed E-state index contributed by atoms with van der Waals surface area (Å²) < 4.78 is 3.09. The van der Waals surface area contributed by atoms with Gasteiger partial charge in [-0.3, -0.25) is 4.68 Å². The van der Waals surface area contributed by atoms with Gasteiger partial charge in [-0.2, -0.15) is 0 Å². The minimum absolute atomic E-state index is 0.127. The van der Waals surface area contributed by atoms with E-state index in [0.29, 0.717) is 0 Å². The van der Waals surface area contributed by atoms with Crippen molar-refractivity contribution in [2.75, 3.05) is 7.05 Å². The van der Waals surface area contributed by atoms with Crippen LogP contribution in [0.15, 0.2) is 24.4 Å². The Balaban J connectivity index is 2.50. The SMILES string of the molecule is CNC(c1cccc(C)c1I)c1cnnn1C. The Morgan fingerprint density at radius 1 is 1.41 bits per heavy atom. The molecule has 0 fully saturated rings. The molecular weight excluding hydrogens is 327 g/mol. The average Bonchev–Trinajstić information content (AvgIpc) is 2.72. The Morgan fingerprint density at radius 3 is 2.76 bits per heavy atom. The molecule has 1 heterocycles. The molecule has 2 aromatic rings. The second-order valence-corrected chi connectivity index (χ2v) is 5.06. The predicted molar refractivity (Wildman–Crippen MR) is 75.8 cm³/mol. The van der Waals surface area contributed by atoms with Gasteiger partial charge in [-0.25, -0.2) is 0 Å². The van der Waals surface area contributed by atoms with Gasteiger partial charge in [0.05, 0.1) is 17.9 Å². The van der Waals surface area contributed by atoms with Crippen LogP contribution in [-0.4, -0.2) is 22.0 Å². The van der Waals surface area contributed by atoms with E-state index in [9.17, 15) is 0 Å². The predicted octanol–water partition coefficient (Wildman–Crippen LogP) is 2.04. The van der Waals surface area contributed by atoms with Crippen molar-refractivity contribution >= 4 is 22.6 Å². The van der Waals surface area contributed by atoms with Crippen LogP contribution in [0.5, 0.6) is 0 Å². The number of hydrogen-bond donors (Lipinski definition) is 1. The molecule has 2 rings (SSSR count). The molecule has 1 aromatic heterocycles. The maximum absolute atomic E-state index is 3.99. The molecule has 0 saturated heterocycles. The number of nitrogens with zero attached hydrogens (tertiary/aromatic N) is 3. The highest BCUT2D eigenvalue weighted by atomic mass is 127. The molecule has 0 aliphatic heterocycles. The third kappa shape index (κ3) is 2.35. The molecule has 0 saturated carbocycles. The number of hydrogen-bond acceptors (Lipinski definition) is 3. The first-order valence-electron chi connectivity index (χ1n) is 5.42. The van der Waals surface area contributed by atoms with Gasteiger partial charge in [0.25, 0.3) is 0 Å². The zero-order valence-corrected chi connectivity index (χ0v) is 12.3. The minimum atomic E-state index is 0.127. The lowest BCUT2D eigenvalue weighted by Gasteiger charge is -2.18. The third-order valence-electron chi connectivity index (χ3n) is 2.87. The lowest BCUT2D eigenvalue weighted by Crippen LogP contribution is -2.21. The van der Waals surface area contributed by atoms with E-state index in [1.807, 2.05) is 14.1 Å². The van der Waals surface area contributed by atoms with Crippen LogP contribution < -0.4 is 5.32 Å². The normalized spacial score (nSPS) is 12.7. The summed E-state index contributed by atoms with van der Waals surface area (Å²) in [6.07, 6.45) is 1.81. The highest BCUT2D eigenvalue weighted by molar-refractivity contribution is 14.1. The molecule has 0 bridgehead atoms. The zero-order valence-electron chi connectivity index (χ0n) is 10.1. The maximum Gasteiger partial charge on any atom is 0.0798 e. The van der Waals surface area contributed by atoms with Crippen molar-refractivity contribution in [2.45, 2.75) is 13.0 Å². The first kappa shape index (κ1) is 12.5. The van der Waals surface area contributed by atoms with E-state index in [2.05, 4.69) is 63.3 Å². The van der Waals surface area contributed by atoms with Gasteiger partial charge < -0.3 is 5.32 Å². The van der Waals surface area contributed by atoms with Crippen LogP contribution in [0.4, 0.5) is 0 Å². The molecule has 0 aliphatic rings. The molecule has 5 heteroatoms. The summed E-state index contributed by atoms with van der Waals surface area (Å²) in [5.74, 6) is 0. The summed E-state index contributed by atoms with van der Waals surface area (Å²) in [6.45, 7) is 2.12. The van der Waals surface area contributed by atoms with E-state index >= 15 is 0 Å². The fraction of sp³-hybridized carbons (Fsp3) is 0.333. The van der Waals surface area contributed by atoms with E-state index in [0.717, 1.165) is 5.69 Å². The Hall–Kier alpha value is -0.950. The summed E-state index contributed by atoms with van der Waals surface area (Å²) in [5.41, 5.74) is 3.62. The number of nitrogens with one attached hydrogen (secondary N) is 1. The fourth-order valence-corrected chi connectivity index (χ4v) is 2.59. The van der Waals surface area contributed by atoms with Crippen molar-refractivity contribution in [2.24, 2.45) is 7.05 Å². The van der Waals surface area contributed by atoms with Crippen molar-refractivity contribution in [1.82, 2.24) is 20.3 Å². The van der Waals surface area contributed by atoms with E-state index in [4.69, 9.17) is 0 Å². The summed E-state index contributed by atoms with van der Waals surface area (Å²) in [6, 6.07) is 6.48. The Labute approximate surface area is 115 Å². The van der Waals surface area contributed by atoms with Gasteiger partial charge in [-0.1, -0.05) is 23.4 Å². The van der Waals surface area contributed by atoms with Gasteiger partial charge in [-0.15, -0.1) is 5.10 Å². The summed E-state index contributed by atoms with van der Waals surface area (Å²) in [7, 11) is 3.87. The largest absolute Gasteiger partial charge is 0.308 e. The summed E-state index contributed by atoms with van der Waals surface area (Å²) in [5, 5.41) is 11.2. The van der Waals surface area contributed by atoms with E-state index < -0.39 is 0 Å². The van der Waals surface area contributed by atoms with Gasteiger partial charge in [0.2, 0.25) is 0 Å². The monoisotopic (exact) mass is 342 g/mol. The van der Waals surface area contributed by atoms with Crippen LogP contribution in [0, 0.1) is 10.5 Å².